The maximum atomic E-state index is 5.92. The van der Waals surface area contributed by atoms with Crippen molar-refractivity contribution in [1.29, 1.82) is 0 Å². The molecule has 0 saturated carbocycles. The first kappa shape index (κ1) is 26.2. The number of halogens is 2. The first-order valence-electron chi connectivity index (χ1n) is 10.8. The van der Waals surface area contributed by atoms with Crippen molar-refractivity contribution < 1.29 is 0 Å². The predicted molar refractivity (Wildman–Crippen MR) is 135 cm³/mol. The summed E-state index contributed by atoms with van der Waals surface area (Å²) in [5.74, 6) is 0.553. The molecule has 0 unspecified atom stereocenters. The average molecular weight is 444 g/mol. The van der Waals surface area contributed by atoms with E-state index in [1.165, 1.54) is 43.0 Å². The molecule has 3 aromatic carbocycles. The third-order valence-electron chi connectivity index (χ3n) is 4.78. The molecule has 0 aromatic heterocycles. The number of nitrogens with two attached hydrogens (primary N) is 1. The molecule has 0 radical (unpaired) electrons. The van der Waals surface area contributed by atoms with Gasteiger partial charge in [-0.15, -0.1) is 0 Å². The molecule has 3 heteroatoms. The molecule has 162 valence electrons. The number of unbranched alkanes of at least 4 members (excludes halogenated alkanes) is 1. The summed E-state index contributed by atoms with van der Waals surface area (Å²) in [6.07, 6.45) is 5.92. The van der Waals surface area contributed by atoms with Crippen LogP contribution in [0.3, 0.4) is 0 Å². The first-order chi connectivity index (χ1) is 14.7. The smallest absolute Gasteiger partial charge is 0.0452 e. The van der Waals surface area contributed by atoms with Crippen LogP contribution in [0.1, 0.15) is 62.1 Å². The summed E-state index contributed by atoms with van der Waals surface area (Å²) in [7, 11) is 1.50. The third kappa shape index (κ3) is 9.34. The van der Waals surface area contributed by atoms with Gasteiger partial charge in [0.15, 0.2) is 0 Å². The average Bonchev–Trinajstić information content (AvgIpc) is 2.79. The van der Waals surface area contributed by atoms with E-state index in [-0.39, 0.29) is 0 Å². The Morgan fingerprint density at radius 1 is 0.733 bits per heavy atom. The molecule has 0 aliphatic heterocycles. The number of aryl methyl sites for hydroxylation is 1. The van der Waals surface area contributed by atoms with Gasteiger partial charge in [0, 0.05) is 16.0 Å². The summed E-state index contributed by atoms with van der Waals surface area (Å²) in [6, 6.07) is 27.3. The van der Waals surface area contributed by atoms with E-state index in [0.29, 0.717) is 10.9 Å². The Hall–Kier alpha value is -1.80. The van der Waals surface area contributed by atoms with Crippen LogP contribution >= 0.6 is 23.2 Å². The number of rotatable bonds is 7. The van der Waals surface area contributed by atoms with Crippen molar-refractivity contribution in [2.75, 3.05) is 7.05 Å². The van der Waals surface area contributed by atoms with Gasteiger partial charge in [-0.1, -0.05) is 123 Å². The normalized spacial score (nSPS) is 9.97. The molecule has 0 saturated heterocycles. The summed E-state index contributed by atoms with van der Waals surface area (Å²) < 4.78 is 0. The number of hydrogen-bond donors (Lipinski definition) is 1. The number of benzene rings is 3. The van der Waals surface area contributed by atoms with Crippen LogP contribution in [0.2, 0.25) is 10.0 Å². The number of hydrogen-bond acceptors (Lipinski definition) is 1. The van der Waals surface area contributed by atoms with Crippen molar-refractivity contribution in [2.24, 2.45) is 5.73 Å². The molecule has 0 bridgehead atoms. The largest absolute Gasteiger partial charge is 0.333 e. The predicted octanol–water partition coefficient (Wildman–Crippen LogP) is 8.53. The Bertz CT molecular complexity index is 764. The molecule has 0 atom stereocenters. The molecular formula is C27H35Cl2N. The lowest BCUT2D eigenvalue weighted by Crippen LogP contribution is -2.00. The van der Waals surface area contributed by atoms with E-state index >= 15 is 0 Å². The quantitative estimate of drug-likeness (QED) is 0.388. The van der Waals surface area contributed by atoms with Gasteiger partial charge in [0.2, 0.25) is 0 Å². The van der Waals surface area contributed by atoms with E-state index in [0.717, 1.165) is 17.9 Å². The molecule has 1 nitrogen and oxygen atoms in total. The molecule has 0 aliphatic carbocycles. The van der Waals surface area contributed by atoms with Crippen LogP contribution < -0.4 is 5.73 Å². The zero-order chi connectivity index (χ0) is 22.2. The van der Waals surface area contributed by atoms with Crippen molar-refractivity contribution in [3.8, 4) is 0 Å². The summed E-state index contributed by atoms with van der Waals surface area (Å²) in [5, 5.41) is 1.48. The van der Waals surface area contributed by atoms with E-state index in [9.17, 15) is 0 Å². The van der Waals surface area contributed by atoms with Crippen molar-refractivity contribution in [3.05, 3.63) is 106 Å². The van der Waals surface area contributed by atoms with Crippen LogP contribution in [0, 0.1) is 0 Å². The molecular weight excluding hydrogens is 409 g/mol. The van der Waals surface area contributed by atoms with Gasteiger partial charge in [0.05, 0.1) is 0 Å². The van der Waals surface area contributed by atoms with Gasteiger partial charge >= 0.3 is 0 Å². The minimum absolute atomic E-state index is 0.553. The minimum atomic E-state index is 0.553. The standard InChI is InChI=1S/C17H20.C9H10Cl2.CH5N/c1-2-3-14-17(15-10-6-4-7-11-15)16-12-8-5-9-13-16;1-2-3-7-4-5-8(10)6-9(7)11;1-2/h4-13,17H,2-3,14H2,1H3;4-6H,2-3H2,1H3;2H2,1H3. The van der Waals surface area contributed by atoms with Crippen LogP contribution in [0.5, 0.6) is 0 Å². The molecule has 0 aliphatic rings. The molecule has 0 heterocycles. The summed E-state index contributed by atoms with van der Waals surface area (Å²) in [4.78, 5) is 0. The topological polar surface area (TPSA) is 26.0 Å². The lowest BCUT2D eigenvalue weighted by Gasteiger charge is -2.17. The molecule has 0 spiro atoms. The highest BCUT2D eigenvalue weighted by Crippen LogP contribution is 2.29. The van der Waals surface area contributed by atoms with Crippen molar-refractivity contribution in [2.45, 2.75) is 51.9 Å². The molecule has 3 aromatic rings. The molecule has 3 rings (SSSR count). The summed E-state index contributed by atoms with van der Waals surface area (Å²) >= 11 is 11.7. The molecule has 0 fully saturated rings. The zero-order valence-corrected chi connectivity index (χ0v) is 20.0. The van der Waals surface area contributed by atoms with Gasteiger partial charge in [-0.05, 0) is 48.7 Å². The van der Waals surface area contributed by atoms with Gasteiger partial charge in [-0.2, -0.15) is 0 Å². The van der Waals surface area contributed by atoms with E-state index in [1.807, 2.05) is 12.1 Å². The van der Waals surface area contributed by atoms with E-state index in [4.69, 9.17) is 23.2 Å². The van der Waals surface area contributed by atoms with Crippen molar-refractivity contribution in [3.63, 3.8) is 0 Å². The fourth-order valence-electron chi connectivity index (χ4n) is 3.30. The van der Waals surface area contributed by atoms with Crippen molar-refractivity contribution >= 4 is 23.2 Å². The highest BCUT2D eigenvalue weighted by Gasteiger charge is 2.12. The fourth-order valence-corrected chi connectivity index (χ4v) is 3.80. The van der Waals surface area contributed by atoms with Crippen LogP contribution in [0.4, 0.5) is 0 Å². The lowest BCUT2D eigenvalue weighted by atomic mass is 9.87. The molecule has 0 amide bonds. The maximum Gasteiger partial charge on any atom is 0.0452 e. The monoisotopic (exact) mass is 443 g/mol. The van der Waals surface area contributed by atoms with Crippen LogP contribution in [0.25, 0.3) is 0 Å². The maximum absolute atomic E-state index is 5.92. The first-order valence-corrected chi connectivity index (χ1v) is 11.5. The zero-order valence-electron chi connectivity index (χ0n) is 18.5. The molecule has 2 N–H and O–H groups in total. The Labute approximate surface area is 193 Å². The van der Waals surface area contributed by atoms with Gasteiger partial charge in [-0.25, -0.2) is 0 Å². The van der Waals surface area contributed by atoms with Crippen LogP contribution in [0.15, 0.2) is 78.9 Å². The Kier molecular flexibility index (Phi) is 14.0. The highest BCUT2D eigenvalue weighted by atomic mass is 35.5. The van der Waals surface area contributed by atoms with Crippen LogP contribution in [-0.4, -0.2) is 7.05 Å². The highest BCUT2D eigenvalue weighted by molar-refractivity contribution is 6.35. The minimum Gasteiger partial charge on any atom is -0.333 e. The van der Waals surface area contributed by atoms with Crippen molar-refractivity contribution in [1.82, 2.24) is 0 Å². The van der Waals surface area contributed by atoms with Gasteiger partial charge in [0.25, 0.3) is 0 Å². The second-order valence-corrected chi connectivity index (χ2v) is 7.85. The summed E-state index contributed by atoms with van der Waals surface area (Å²) in [6.45, 7) is 4.39. The fraction of sp³-hybridized carbons (Fsp3) is 0.333. The van der Waals surface area contributed by atoms with Crippen LogP contribution in [-0.2, 0) is 6.42 Å². The summed E-state index contributed by atoms with van der Waals surface area (Å²) in [5.41, 5.74) is 8.55. The van der Waals surface area contributed by atoms with E-state index in [1.54, 1.807) is 6.07 Å². The second-order valence-electron chi connectivity index (χ2n) is 7.00. The lowest BCUT2D eigenvalue weighted by molar-refractivity contribution is 0.650. The van der Waals surface area contributed by atoms with Gasteiger partial charge in [-0.3, -0.25) is 0 Å². The van der Waals surface area contributed by atoms with E-state index in [2.05, 4.69) is 80.2 Å². The van der Waals surface area contributed by atoms with Gasteiger partial charge < -0.3 is 5.73 Å². The third-order valence-corrected chi connectivity index (χ3v) is 5.37. The van der Waals surface area contributed by atoms with E-state index < -0.39 is 0 Å². The second kappa shape index (κ2) is 16.0. The Morgan fingerprint density at radius 2 is 1.27 bits per heavy atom. The SMILES string of the molecule is CCCCC(c1ccccc1)c1ccccc1.CCCc1ccc(Cl)cc1Cl.CN. The molecule has 30 heavy (non-hydrogen) atoms. The Balaban J connectivity index is 0.000000300. The Morgan fingerprint density at radius 3 is 1.70 bits per heavy atom. The van der Waals surface area contributed by atoms with Gasteiger partial charge in [0.1, 0.15) is 0 Å².